The zero-order valence-electron chi connectivity index (χ0n) is 9.64. The van der Waals surface area contributed by atoms with Gasteiger partial charge in [-0.1, -0.05) is 22.9 Å². The number of nitrogens with zero attached hydrogens (tertiary/aromatic N) is 3. The van der Waals surface area contributed by atoms with Gasteiger partial charge in [-0.3, -0.25) is 0 Å². The highest BCUT2D eigenvalue weighted by Crippen LogP contribution is 2.12. The number of hydrogen-bond acceptors (Lipinski definition) is 3. The fourth-order valence-electron chi connectivity index (χ4n) is 1.66. The zero-order valence-corrected chi connectivity index (χ0v) is 9.64. The maximum absolute atomic E-state index is 5.52. The Hall–Kier alpha value is -1.68. The Morgan fingerprint density at radius 2 is 1.88 bits per heavy atom. The Kier molecular flexibility index (Phi) is 3.01. The van der Waals surface area contributed by atoms with Crippen LogP contribution >= 0.6 is 0 Å². The molecule has 0 saturated heterocycles. The van der Waals surface area contributed by atoms with Crippen LogP contribution in [0.5, 0.6) is 0 Å². The first-order valence-electron chi connectivity index (χ1n) is 5.40. The topological polar surface area (TPSA) is 56.7 Å². The van der Waals surface area contributed by atoms with Crippen molar-refractivity contribution in [3.8, 4) is 5.69 Å². The average Bonchev–Trinajstić information content (AvgIpc) is 2.63. The van der Waals surface area contributed by atoms with Crippen molar-refractivity contribution in [3.05, 3.63) is 41.2 Å². The van der Waals surface area contributed by atoms with E-state index in [-0.39, 0.29) is 0 Å². The Labute approximate surface area is 95.1 Å². The standard InChI is InChI=1S/C12H16N4/c1-9-3-5-11(6-4-9)16-10(2)12(7-8-13)14-15-16/h3-6H,7-8,13H2,1-2H3. The third-order valence-electron chi connectivity index (χ3n) is 2.65. The highest BCUT2D eigenvalue weighted by molar-refractivity contribution is 5.35. The van der Waals surface area contributed by atoms with E-state index in [0.717, 1.165) is 23.5 Å². The molecule has 0 bridgehead atoms. The molecule has 0 spiro atoms. The molecule has 16 heavy (non-hydrogen) atoms. The third kappa shape index (κ3) is 1.97. The van der Waals surface area contributed by atoms with E-state index in [0.29, 0.717) is 6.54 Å². The molecule has 2 N–H and O–H groups in total. The first-order chi connectivity index (χ1) is 7.72. The predicted octanol–water partition coefficient (Wildman–Crippen LogP) is 1.39. The van der Waals surface area contributed by atoms with Gasteiger partial charge in [0, 0.05) is 6.42 Å². The van der Waals surface area contributed by atoms with Crippen LogP contribution in [0, 0.1) is 13.8 Å². The fraction of sp³-hybridized carbons (Fsp3) is 0.333. The molecule has 0 aliphatic rings. The SMILES string of the molecule is Cc1ccc(-n2nnc(CCN)c2C)cc1. The molecule has 0 amide bonds. The molecule has 2 rings (SSSR count). The summed E-state index contributed by atoms with van der Waals surface area (Å²) in [6.07, 6.45) is 0.775. The van der Waals surface area contributed by atoms with Crippen molar-refractivity contribution in [2.75, 3.05) is 6.54 Å². The van der Waals surface area contributed by atoms with Crippen molar-refractivity contribution in [3.63, 3.8) is 0 Å². The number of benzene rings is 1. The molecule has 0 radical (unpaired) electrons. The number of aryl methyl sites for hydroxylation is 1. The van der Waals surface area contributed by atoms with Crippen molar-refractivity contribution in [2.45, 2.75) is 20.3 Å². The lowest BCUT2D eigenvalue weighted by molar-refractivity contribution is 0.782. The first kappa shape index (κ1) is 10.8. The lowest BCUT2D eigenvalue weighted by Gasteiger charge is -2.03. The normalized spacial score (nSPS) is 10.7. The quantitative estimate of drug-likeness (QED) is 0.843. The summed E-state index contributed by atoms with van der Waals surface area (Å²) in [6, 6.07) is 8.23. The highest BCUT2D eigenvalue weighted by Gasteiger charge is 2.08. The van der Waals surface area contributed by atoms with E-state index >= 15 is 0 Å². The van der Waals surface area contributed by atoms with E-state index in [2.05, 4.69) is 29.4 Å². The summed E-state index contributed by atoms with van der Waals surface area (Å²) in [5.74, 6) is 0. The summed E-state index contributed by atoms with van der Waals surface area (Å²) in [4.78, 5) is 0. The van der Waals surface area contributed by atoms with Gasteiger partial charge in [0.05, 0.1) is 17.1 Å². The second-order valence-corrected chi connectivity index (χ2v) is 3.91. The van der Waals surface area contributed by atoms with Crippen LogP contribution in [-0.4, -0.2) is 21.5 Å². The van der Waals surface area contributed by atoms with Gasteiger partial charge in [0.1, 0.15) is 0 Å². The molecule has 1 aromatic heterocycles. The highest BCUT2D eigenvalue weighted by atomic mass is 15.4. The van der Waals surface area contributed by atoms with Crippen LogP contribution in [-0.2, 0) is 6.42 Å². The minimum absolute atomic E-state index is 0.605. The van der Waals surface area contributed by atoms with Crippen molar-refractivity contribution in [1.29, 1.82) is 0 Å². The summed E-state index contributed by atoms with van der Waals surface area (Å²) in [5, 5.41) is 8.28. The van der Waals surface area contributed by atoms with Crippen LogP contribution in [0.3, 0.4) is 0 Å². The lowest BCUT2D eigenvalue weighted by Crippen LogP contribution is -2.05. The van der Waals surface area contributed by atoms with Crippen LogP contribution in [0.25, 0.3) is 5.69 Å². The number of rotatable bonds is 3. The van der Waals surface area contributed by atoms with Crippen LogP contribution in [0.15, 0.2) is 24.3 Å². The minimum atomic E-state index is 0.605. The monoisotopic (exact) mass is 216 g/mol. The smallest absolute Gasteiger partial charge is 0.0873 e. The van der Waals surface area contributed by atoms with Gasteiger partial charge in [0.25, 0.3) is 0 Å². The van der Waals surface area contributed by atoms with Crippen LogP contribution in [0.1, 0.15) is 17.0 Å². The van der Waals surface area contributed by atoms with Gasteiger partial charge in [-0.05, 0) is 32.5 Å². The second kappa shape index (κ2) is 4.45. The van der Waals surface area contributed by atoms with Gasteiger partial charge < -0.3 is 5.73 Å². The zero-order chi connectivity index (χ0) is 11.5. The number of nitrogens with two attached hydrogens (primary N) is 1. The third-order valence-corrected chi connectivity index (χ3v) is 2.65. The molecule has 1 aromatic carbocycles. The van der Waals surface area contributed by atoms with E-state index in [1.54, 1.807) is 0 Å². The average molecular weight is 216 g/mol. The molecule has 0 aliphatic heterocycles. The van der Waals surface area contributed by atoms with E-state index in [1.165, 1.54) is 5.56 Å². The molecule has 4 heteroatoms. The molecule has 0 aliphatic carbocycles. The molecule has 0 atom stereocenters. The molecular weight excluding hydrogens is 200 g/mol. The van der Waals surface area contributed by atoms with Gasteiger partial charge in [0.15, 0.2) is 0 Å². The van der Waals surface area contributed by atoms with E-state index in [4.69, 9.17) is 5.73 Å². The Balaban J connectivity index is 2.37. The van der Waals surface area contributed by atoms with E-state index in [1.807, 2.05) is 23.7 Å². The summed E-state index contributed by atoms with van der Waals surface area (Å²) >= 11 is 0. The summed E-state index contributed by atoms with van der Waals surface area (Å²) in [7, 11) is 0. The molecule has 2 aromatic rings. The molecule has 4 nitrogen and oxygen atoms in total. The van der Waals surface area contributed by atoms with Crippen LogP contribution in [0.2, 0.25) is 0 Å². The van der Waals surface area contributed by atoms with Crippen molar-refractivity contribution in [2.24, 2.45) is 5.73 Å². The van der Waals surface area contributed by atoms with Crippen LogP contribution in [0.4, 0.5) is 0 Å². The Morgan fingerprint density at radius 3 is 2.50 bits per heavy atom. The predicted molar refractivity (Wildman–Crippen MR) is 63.6 cm³/mol. The summed E-state index contributed by atoms with van der Waals surface area (Å²) < 4.78 is 1.85. The second-order valence-electron chi connectivity index (χ2n) is 3.91. The van der Waals surface area contributed by atoms with Gasteiger partial charge in [-0.2, -0.15) is 0 Å². The maximum Gasteiger partial charge on any atom is 0.0873 e. The van der Waals surface area contributed by atoms with Gasteiger partial charge in [-0.25, -0.2) is 4.68 Å². The maximum atomic E-state index is 5.52. The van der Waals surface area contributed by atoms with Gasteiger partial charge in [0.2, 0.25) is 0 Å². The fourth-order valence-corrected chi connectivity index (χ4v) is 1.66. The number of aromatic nitrogens is 3. The Bertz CT molecular complexity index is 470. The molecule has 0 saturated carbocycles. The van der Waals surface area contributed by atoms with E-state index < -0.39 is 0 Å². The largest absolute Gasteiger partial charge is 0.330 e. The molecule has 1 heterocycles. The lowest BCUT2D eigenvalue weighted by atomic mass is 10.2. The molecule has 0 unspecified atom stereocenters. The Morgan fingerprint density at radius 1 is 1.19 bits per heavy atom. The van der Waals surface area contributed by atoms with Crippen molar-refractivity contribution < 1.29 is 0 Å². The summed E-state index contributed by atoms with van der Waals surface area (Å²) in [5.41, 5.74) is 9.84. The molecule has 0 fully saturated rings. The number of hydrogen-bond donors (Lipinski definition) is 1. The molecule has 84 valence electrons. The van der Waals surface area contributed by atoms with Crippen molar-refractivity contribution >= 4 is 0 Å². The van der Waals surface area contributed by atoms with Gasteiger partial charge in [-0.15, -0.1) is 5.10 Å². The van der Waals surface area contributed by atoms with Gasteiger partial charge >= 0.3 is 0 Å². The minimum Gasteiger partial charge on any atom is -0.330 e. The van der Waals surface area contributed by atoms with Crippen LogP contribution < -0.4 is 5.73 Å². The molecular formula is C12H16N4. The van der Waals surface area contributed by atoms with E-state index in [9.17, 15) is 0 Å². The van der Waals surface area contributed by atoms with Crippen molar-refractivity contribution in [1.82, 2.24) is 15.0 Å². The summed E-state index contributed by atoms with van der Waals surface area (Å²) in [6.45, 7) is 4.69. The first-order valence-corrected chi connectivity index (χ1v) is 5.40.